The minimum Gasteiger partial charge on any atom is -0.493 e. The van der Waals surface area contributed by atoms with E-state index in [1.54, 1.807) is 24.5 Å². The van der Waals surface area contributed by atoms with Gasteiger partial charge in [-0.05, 0) is 41.3 Å². The molecule has 5 nitrogen and oxygen atoms in total. The first-order valence-corrected chi connectivity index (χ1v) is 9.12. The van der Waals surface area contributed by atoms with Crippen LogP contribution in [0.4, 0.5) is 5.69 Å². The van der Waals surface area contributed by atoms with Gasteiger partial charge in [0.25, 0.3) is 5.91 Å². The Labute approximate surface area is 155 Å². The molecule has 132 valence electrons. The Morgan fingerprint density at radius 2 is 1.92 bits per heavy atom. The Kier molecular flexibility index (Phi) is 4.50. The first-order valence-electron chi connectivity index (χ1n) is 8.24. The van der Waals surface area contributed by atoms with Crippen molar-refractivity contribution in [2.45, 2.75) is 12.8 Å². The Morgan fingerprint density at radius 1 is 1.04 bits per heavy atom. The van der Waals surface area contributed by atoms with Crippen molar-refractivity contribution in [2.75, 3.05) is 12.4 Å². The molecule has 1 unspecified atom stereocenters. The van der Waals surface area contributed by atoms with Crippen LogP contribution in [-0.4, -0.2) is 13.0 Å². The number of carbonyl (C=O) groups is 1. The molecular formula is C20H18N2O3S. The molecule has 0 bridgehead atoms. The van der Waals surface area contributed by atoms with Crippen molar-refractivity contribution in [2.24, 2.45) is 0 Å². The number of ether oxygens (including phenoxy) is 2. The van der Waals surface area contributed by atoms with Crippen molar-refractivity contribution in [1.29, 1.82) is 0 Å². The number of thiophene rings is 1. The van der Waals surface area contributed by atoms with Gasteiger partial charge in [-0.2, -0.15) is 0 Å². The van der Waals surface area contributed by atoms with E-state index in [4.69, 9.17) is 9.47 Å². The van der Waals surface area contributed by atoms with Crippen molar-refractivity contribution in [3.05, 3.63) is 76.0 Å². The lowest BCUT2D eigenvalue weighted by molar-refractivity contribution is 0.0935. The third-order valence-corrected chi connectivity index (χ3v) is 5.07. The second-order valence-electron chi connectivity index (χ2n) is 5.87. The molecule has 0 saturated carbocycles. The third kappa shape index (κ3) is 3.23. The molecule has 26 heavy (non-hydrogen) atoms. The van der Waals surface area contributed by atoms with Gasteiger partial charge in [0.15, 0.2) is 11.5 Å². The SMILES string of the molecule is COc1cc(C2NC(=O)c3ccccc3N2)ccc1OCc1cccs1. The molecule has 1 amide bonds. The monoisotopic (exact) mass is 366 g/mol. The van der Waals surface area contributed by atoms with Crippen molar-refractivity contribution in [1.82, 2.24) is 5.32 Å². The fraction of sp³-hybridized carbons (Fsp3) is 0.150. The molecule has 0 radical (unpaired) electrons. The number of amides is 1. The zero-order chi connectivity index (χ0) is 17.9. The first kappa shape index (κ1) is 16.5. The molecule has 0 spiro atoms. The summed E-state index contributed by atoms with van der Waals surface area (Å²) in [4.78, 5) is 13.5. The highest BCUT2D eigenvalue weighted by Crippen LogP contribution is 2.33. The summed E-state index contributed by atoms with van der Waals surface area (Å²) in [5.41, 5.74) is 2.36. The number of para-hydroxylation sites is 1. The van der Waals surface area contributed by atoms with E-state index < -0.39 is 0 Å². The minimum absolute atomic E-state index is 0.0960. The van der Waals surface area contributed by atoms with Crippen LogP contribution < -0.4 is 20.1 Å². The number of anilines is 1. The quantitative estimate of drug-likeness (QED) is 0.711. The Balaban J connectivity index is 1.55. The molecular weight excluding hydrogens is 348 g/mol. The van der Waals surface area contributed by atoms with Crippen LogP contribution in [-0.2, 0) is 6.61 Å². The average Bonchev–Trinajstić information content (AvgIpc) is 3.20. The maximum atomic E-state index is 12.3. The average molecular weight is 366 g/mol. The summed E-state index contributed by atoms with van der Waals surface area (Å²) < 4.78 is 11.4. The van der Waals surface area contributed by atoms with E-state index >= 15 is 0 Å². The van der Waals surface area contributed by atoms with Crippen LogP contribution in [0.25, 0.3) is 0 Å². The topological polar surface area (TPSA) is 59.6 Å². The van der Waals surface area contributed by atoms with E-state index in [2.05, 4.69) is 10.6 Å². The molecule has 0 aliphatic carbocycles. The predicted molar refractivity (Wildman–Crippen MR) is 102 cm³/mol. The molecule has 2 N–H and O–H groups in total. The summed E-state index contributed by atoms with van der Waals surface area (Å²) in [5, 5.41) is 8.33. The molecule has 3 aromatic rings. The van der Waals surface area contributed by atoms with Crippen LogP contribution in [0.3, 0.4) is 0 Å². The van der Waals surface area contributed by atoms with E-state index in [9.17, 15) is 4.79 Å². The fourth-order valence-electron chi connectivity index (χ4n) is 2.90. The highest BCUT2D eigenvalue weighted by Gasteiger charge is 2.24. The lowest BCUT2D eigenvalue weighted by Crippen LogP contribution is -2.38. The zero-order valence-electron chi connectivity index (χ0n) is 14.2. The molecule has 1 aromatic heterocycles. The van der Waals surface area contributed by atoms with E-state index in [0.717, 1.165) is 16.1 Å². The van der Waals surface area contributed by atoms with Gasteiger partial charge in [-0.15, -0.1) is 11.3 Å². The van der Waals surface area contributed by atoms with Crippen molar-refractivity contribution >= 4 is 22.9 Å². The molecule has 1 aliphatic rings. The van der Waals surface area contributed by atoms with Crippen molar-refractivity contribution < 1.29 is 14.3 Å². The Morgan fingerprint density at radius 3 is 2.73 bits per heavy atom. The van der Waals surface area contributed by atoms with E-state index in [0.29, 0.717) is 23.7 Å². The van der Waals surface area contributed by atoms with Gasteiger partial charge < -0.3 is 20.1 Å². The Bertz CT molecular complexity index is 925. The number of rotatable bonds is 5. The summed E-state index contributed by atoms with van der Waals surface area (Å²) in [7, 11) is 1.61. The van der Waals surface area contributed by atoms with Gasteiger partial charge in [-0.25, -0.2) is 0 Å². The number of benzene rings is 2. The van der Waals surface area contributed by atoms with Gasteiger partial charge in [0.1, 0.15) is 12.8 Å². The summed E-state index contributed by atoms with van der Waals surface area (Å²) in [6.45, 7) is 0.499. The van der Waals surface area contributed by atoms with Gasteiger partial charge in [-0.1, -0.05) is 24.3 Å². The molecule has 0 saturated heterocycles. The summed E-state index contributed by atoms with van der Waals surface area (Å²) in [5.74, 6) is 1.21. The second kappa shape index (κ2) is 7.09. The Hall–Kier alpha value is -2.99. The van der Waals surface area contributed by atoms with E-state index in [1.807, 2.05) is 53.9 Å². The maximum Gasteiger partial charge on any atom is 0.255 e. The summed E-state index contributed by atoms with van der Waals surface area (Å²) >= 11 is 1.65. The van der Waals surface area contributed by atoms with E-state index in [1.165, 1.54) is 0 Å². The van der Waals surface area contributed by atoms with Crippen LogP contribution in [0.1, 0.15) is 27.0 Å². The largest absolute Gasteiger partial charge is 0.493 e. The van der Waals surface area contributed by atoms with Crippen LogP contribution in [0.15, 0.2) is 60.0 Å². The van der Waals surface area contributed by atoms with Crippen molar-refractivity contribution in [3.8, 4) is 11.5 Å². The van der Waals surface area contributed by atoms with Gasteiger partial charge in [-0.3, -0.25) is 4.79 Å². The predicted octanol–water partition coefficient (Wildman–Crippen LogP) is 4.19. The highest BCUT2D eigenvalue weighted by atomic mass is 32.1. The van der Waals surface area contributed by atoms with Gasteiger partial charge in [0.05, 0.1) is 12.7 Å². The molecule has 0 fully saturated rings. The number of nitrogens with one attached hydrogen (secondary N) is 2. The number of fused-ring (bicyclic) bond motifs is 1. The van der Waals surface area contributed by atoms with Crippen LogP contribution in [0.5, 0.6) is 11.5 Å². The number of carbonyl (C=O) groups excluding carboxylic acids is 1. The lowest BCUT2D eigenvalue weighted by Gasteiger charge is -2.28. The van der Waals surface area contributed by atoms with Gasteiger partial charge >= 0.3 is 0 Å². The van der Waals surface area contributed by atoms with E-state index in [-0.39, 0.29) is 12.1 Å². The molecule has 1 aliphatic heterocycles. The number of hydrogen-bond donors (Lipinski definition) is 2. The third-order valence-electron chi connectivity index (χ3n) is 4.22. The number of hydrogen-bond acceptors (Lipinski definition) is 5. The molecule has 2 aromatic carbocycles. The minimum atomic E-state index is -0.322. The van der Waals surface area contributed by atoms with Crippen LogP contribution >= 0.6 is 11.3 Å². The lowest BCUT2D eigenvalue weighted by atomic mass is 10.1. The zero-order valence-corrected chi connectivity index (χ0v) is 15.0. The van der Waals surface area contributed by atoms with Gasteiger partial charge in [0.2, 0.25) is 0 Å². The van der Waals surface area contributed by atoms with Gasteiger partial charge in [0, 0.05) is 10.6 Å². The second-order valence-corrected chi connectivity index (χ2v) is 6.91. The summed E-state index contributed by atoms with van der Waals surface area (Å²) in [6.07, 6.45) is -0.322. The van der Waals surface area contributed by atoms with Crippen LogP contribution in [0.2, 0.25) is 0 Å². The molecule has 2 heterocycles. The fourth-order valence-corrected chi connectivity index (χ4v) is 3.52. The molecule has 6 heteroatoms. The van der Waals surface area contributed by atoms with Crippen molar-refractivity contribution in [3.63, 3.8) is 0 Å². The highest BCUT2D eigenvalue weighted by molar-refractivity contribution is 7.09. The molecule has 1 atom stereocenters. The van der Waals surface area contributed by atoms with Crippen LogP contribution in [0, 0.1) is 0 Å². The first-order chi connectivity index (χ1) is 12.7. The normalized spacial score (nSPS) is 15.6. The smallest absolute Gasteiger partial charge is 0.255 e. The standard InChI is InChI=1S/C20H18N2O3S/c1-24-18-11-13(8-9-17(18)25-12-14-5-4-10-26-14)19-21-16-7-3-2-6-15(16)20(23)22-19/h2-11,19,21H,12H2,1H3,(H,22,23). The summed E-state index contributed by atoms with van der Waals surface area (Å²) in [6, 6.07) is 17.2. The number of methoxy groups -OCH3 is 1. The molecule has 4 rings (SSSR count). The maximum absolute atomic E-state index is 12.3.